The van der Waals surface area contributed by atoms with Crippen molar-refractivity contribution in [1.82, 2.24) is 0 Å². The Morgan fingerprint density at radius 1 is 1.25 bits per heavy atom. The molecule has 0 aliphatic carbocycles. The standard InChI is InChI=1S/C8H10.CH2O2.ClH/c1-7-4-3-5-8(2)6-7;2-1-3;/h3-6H,1-2H3;1H,(H,2,3);1H. The van der Waals surface area contributed by atoms with Crippen LogP contribution in [0.25, 0.3) is 0 Å². The van der Waals surface area contributed by atoms with Crippen molar-refractivity contribution in [2.45, 2.75) is 13.8 Å². The summed E-state index contributed by atoms with van der Waals surface area (Å²) in [5.74, 6) is 0. The van der Waals surface area contributed by atoms with E-state index >= 15 is 0 Å². The van der Waals surface area contributed by atoms with E-state index in [1.54, 1.807) is 0 Å². The van der Waals surface area contributed by atoms with E-state index in [-0.39, 0.29) is 18.9 Å². The van der Waals surface area contributed by atoms with Gasteiger partial charge in [0.1, 0.15) is 0 Å². The Morgan fingerprint density at radius 3 is 1.75 bits per heavy atom. The van der Waals surface area contributed by atoms with Crippen LogP contribution >= 0.6 is 12.4 Å². The second-order valence-corrected chi connectivity index (χ2v) is 2.26. The Labute approximate surface area is 78.6 Å². The molecule has 0 aliphatic rings. The number of carboxylic acid groups (broad SMARTS) is 1. The summed E-state index contributed by atoms with van der Waals surface area (Å²) in [6.45, 7) is 3.96. The van der Waals surface area contributed by atoms with E-state index in [1.165, 1.54) is 11.1 Å². The fourth-order valence-electron chi connectivity index (χ4n) is 0.807. The highest BCUT2D eigenvalue weighted by Gasteiger charge is 1.80. The van der Waals surface area contributed by atoms with E-state index in [2.05, 4.69) is 38.1 Å². The molecule has 0 saturated heterocycles. The van der Waals surface area contributed by atoms with Gasteiger partial charge in [-0.15, -0.1) is 12.4 Å². The molecule has 1 rings (SSSR count). The number of aryl methyl sites for hydroxylation is 2. The van der Waals surface area contributed by atoms with Gasteiger partial charge in [-0.2, -0.15) is 0 Å². The number of rotatable bonds is 0. The molecule has 0 atom stereocenters. The third kappa shape index (κ3) is 7.09. The Balaban J connectivity index is 0. The molecule has 0 unspecified atom stereocenters. The first-order valence-corrected chi connectivity index (χ1v) is 3.32. The number of benzene rings is 1. The maximum absolute atomic E-state index is 8.36. The van der Waals surface area contributed by atoms with E-state index in [9.17, 15) is 0 Å². The Kier molecular flexibility index (Phi) is 9.13. The molecule has 0 heterocycles. The minimum Gasteiger partial charge on any atom is -0.483 e. The summed E-state index contributed by atoms with van der Waals surface area (Å²) >= 11 is 0. The van der Waals surface area contributed by atoms with Crippen LogP contribution in [0.15, 0.2) is 24.3 Å². The highest BCUT2D eigenvalue weighted by atomic mass is 35.5. The molecule has 0 radical (unpaired) electrons. The average Bonchev–Trinajstić information content (AvgIpc) is 1.88. The fraction of sp³-hybridized carbons (Fsp3) is 0.222. The third-order valence-corrected chi connectivity index (χ3v) is 1.17. The highest BCUT2D eigenvalue weighted by Crippen LogP contribution is 2.00. The van der Waals surface area contributed by atoms with Gasteiger partial charge in [0.2, 0.25) is 0 Å². The molecule has 0 aromatic heterocycles. The quantitative estimate of drug-likeness (QED) is 0.635. The lowest BCUT2D eigenvalue weighted by molar-refractivity contribution is -0.122. The number of carbonyl (C=O) groups is 1. The zero-order chi connectivity index (χ0) is 8.69. The molecule has 3 heteroatoms. The van der Waals surface area contributed by atoms with Crippen LogP contribution in [0.5, 0.6) is 0 Å². The van der Waals surface area contributed by atoms with E-state index in [0.717, 1.165) is 0 Å². The van der Waals surface area contributed by atoms with Gasteiger partial charge in [-0.05, 0) is 13.8 Å². The van der Waals surface area contributed by atoms with Crippen molar-refractivity contribution in [2.24, 2.45) is 0 Å². The molecule has 2 nitrogen and oxygen atoms in total. The van der Waals surface area contributed by atoms with Crippen LogP contribution in [0.1, 0.15) is 11.1 Å². The number of halogens is 1. The fourth-order valence-corrected chi connectivity index (χ4v) is 0.807. The molecule has 0 bridgehead atoms. The van der Waals surface area contributed by atoms with Crippen molar-refractivity contribution in [3.8, 4) is 0 Å². The van der Waals surface area contributed by atoms with Crippen molar-refractivity contribution in [3.63, 3.8) is 0 Å². The SMILES string of the molecule is Cc1cccc(C)c1.Cl.O=CO. The molecule has 0 saturated carbocycles. The van der Waals surface area contributed by atoms with Gasteiger partial charge in [0, 0.05) is 0 Å². The van der Waals surface area contributed by atoms with Gasteiger partial charge < -0.3 is 5.11 Å². The van der Waals surface area contributed by atoms with Crippen molar-refractivity contribution in [2.75, 3.05) is 0 Å². The minimum absolute atomic E-state index is 0. The Bertz CT molecular complexity index is 206. The first kappa shape index (κ1) is 13.6. The van der Waals surface area contributed by atoms with Gasteiger partial charge in [-0.3, -0.25) is 4.79 Å². The van der Waals surface area contributed by atoms with Crippen LogP contribution in [0, 0.1) is 13.8 Å². The van der Waals surface area contributed by atoms with Gasteiger partial charge in [0.25, 0.3) is 6.47 Å². The predicted molar refractivity (Wildman–Crippen MR) is 51.9 cm³/mol. The van der Waals surface area contributed by atoms with Crippen molar-refractivity contribution in [1.29, 1.82) is 0 Å². The van der Waals surface area contributed by atoms with Crippen LogP contribution in [0.2, 0.25) is 0 Å². The zero-order valence-electron chi connectivity index (χ0n) is 7.15. The minimum atomic E-state index is -0.250. The van der Waals surface area contributed by atoms with E-state index in [0.29, 0.717) is 0 Å². The second-order valence-electron chi connectivity index (χ2n) is 2.26. The van der Waals surface area contributed by atoms with Crippen LogP contribution in [0.3, 0.4) is 0 Å². The van der Waals surface area contributed by atoms with Crippen LogP contribution in [-0.2, 0) is 4.79 Å². The molecule has 1 N–H and O–H groups in total. The third-order valence-electron chi connectivity index (χ3n) is 1.17. The normalized spacial score (nSPS) is 7.17. The number of hydrogen-bond donors (Lipinski definition) is 1. The average molecular weight is 189 g/mol. The molecule has 0 amide bonds. The molecule has 1 aromatic carbocycles. The molecule has 0 spiro atoms. The summed E-state index contributed by atoms with van der Waals surface area (Å²) in [5.41, 5.74) is 2.68. The lowest BCUT2D eigenvalue weighted by Crippen LogP contribution is -1.71. The molecule has 0 aliphatic heterocycles. The van der Waals surface area contributed by atoms with E-state index in [1.807, 2.05) is 0 Å². The van der Waals surface area contributed by atoms with E-state index < -0.39 is 0 Å². The Morgan fingerprint density at radius 2 is 1.58 bits per heavy atom. The monoisotopic (exact) mass is 188 g/mol. The Hall–Kier alpha value is -1.02. The molecular weight excluding hydrogens is 176 g/mol. The van der Waals surface area contributed by atoms with Gasteiger partial charge >= 0.3 is 0 Å². The zero-order valence-corrected chi connectivity index (χ0v) is 7.97. The first-order chi connectivity index (χ1) is 5.20. The largest absolute Gasteiger partial charge is 0.483 e. The summed E-state index contributed by atoms with van der Waals surface area (Å²) in [4.78, 5) is 8.36. The van der Waals surface area contributed by atoms with Crippen LogP contribution < -0.4 is 0 Å². The van der Waals surface area contributed by atoms with Gasteiger partial charge in [-0.25, -0.2) is 0 Å². The van der Waals surface area contributed by atoms with E-state index in [4.69, 9.17) is 9.90 Å². The second kappa shape index (κ2) is 8.08. The summed E-state index contributed by atoms with van der Waals surface area (Å²) < 4.78 is 0. The number of hydrogen-bond acceptors (Lipinski definition) is 1. The van der Waals surface area contributed by atoms with Gasteiger partial charge in [0.15, 0.2) is 0 Å². The van der Waals surface area contributed by atoms with Crippen molar-refractivity contribution in [3.05, 3.63) is 35.4 Å². The summed E-state index contributed by atoms with van der Waals surface area (Å²) in [7, 11) is 0. The first-order valence-electron chi connectivity index (χ1n) is 3.32. The van der Waals surface area contributed by atoms with Gasteiger partial charge in [0.05, 0.1) is 0 Å². The van der Waals surface area contributed by atoms with Crippen molar-refractivity contribution < 1.29 is 9.90 Å². The molecule has 12 heavy (non-hydrogen) atoms. The highest BCUT2D eigenvalue weighted by molar-refractivity contribution is 5.85. The van der Waals surface area contributed by atoms with Gasteiger partial charge in [-0.1, -0.05) is 35.4 Å². The summed E-state index contributed by atoms with van der Waals surface area (Å²) in [6.07, 6.45) is 0. The molecule has 0 fully saturated rings. The van der Waals surface area contributed by atoms with Crippen molar-refractivity contribution >= 4 is 18.9 Å². The lowest BCUT2D eigenvalue weighted by Gasteiger charge is -1.90. The topological polar surface area (TPSA) is 37.3 Å². The molecule has 68 valence electrons. The summed E-state index contributed by atoms with van der Waals surface area (Å²) in [5, 5.41) is 6.89. The molecular formula is C9H13ClO2. The molecule has 1 aromatic rings. The maximum atomic E-state index is 8.36. The lowest BCUT2D eigenvalue weighted by atomic mass is 10.2. The van der Waals surface area contributed by atoms with Crippen LogP contribution in [0.4, 0.5) is 0 Å². The van der Waals surface area contributed by atoms with Crippen LogP contribution in [-0.4, -0.2) is 11.6 Å². The summed E-state index contributed by atoms with van der Waals surface area (Å²) in [6, 6.07) is 8.45. The predicted octanol–water partition coefficient (Wildman–Crippen LogP) is 2.43. The maximum Gasteiger partial charge on any atom is 0.290 e. The smallest absolute Gasteiger partial charge is 0.290 e.